The van der Waals surface area contributed by atoms with Crippen LogP contribution in [0.3, 0.4) is 0 Å². The molecule has 0 radical (unpaired) electrons. The molecule has 0 spiro atoms. The van der Waals surface area contributed by atoms with Crippen molar-refractivity contribution in [3.8, 4) is 17.3 Å². The molecule has 1 fully saturated rings. The summed E-state index contributed by atoms with van der Waals surface area (Å²) in [7, 11) is 0. The number of pyridine rings is 3. The molecule has 3 aromatic heterocycles. The molecule has 1 saturated heterocycles. The lowest BCUT2D eigenvalue weighted by Crippen LogP contribution is -2.53. The fraction of sp³-hybridized carbons (Fsp3) is 0.273. The number of anilines is 2. The number of nitriles is 1. The van der Waals surface area contributed by atoms with Crippen molar-refractivity contribution in [1.82, 2.24) is 20.3 Å². The van der Waals surface area contributed by atoms with E-state index >= 15 is 0 Å². The van der Waals surface area contributed by atoms with Gasteiger partial charge in [-0.25, -0.2) is 9.97 Å². The molecular weight excluding hydrogens is 410 g/mol. The summed E-state index contributed by atoms with van der Waals surface area (Å²) < 4.78 is 5.23. The molecule has 10 heteroatoms. The molecule has 0 bridgehead atoms. The molecule has 0 atom stereocenters. The van der Waals surface area contributed by atoms with Crippen LogP contribution in [0.1, 0.15) is 18.4 Å². The quantitative estimate of drug-likeness (QED) is 0.529. The fourth-order valence-electron chi connectivity index (χ4n) is 3.54. The number of hydrogen-bond donors (Lipinski definition) is 3. The normalized spacial score (nSPS) is 15.0. The Morgan fingerprint density at radius 3 is 2.72 bits per heavy atom. The largest absolute Gasteiger partial charge is 0.383 e. The van der Waals surface area contributed by atoms with E-state index in [1.165, 1.54) is 6.20 Å². The number of aromatic nitrogens is 3. The Balaban J connectivity index is 1.57. The van der Waals surface area contributed by atoms with Crippen molar-refractivity contribution in [2.45, 2.75) is 25.3 Å². The zero-order chi connectivity index (χ0) is 22.7. The van der Waals surface area contributed by atoms with Crippen LogP contribution in [0.4, 0.5) is 11.6 Å². The van der Waals surface area contributed by atoms with Crippen molar-refractivity contribution < 1.29 is 14.3 Å². The third-order valence-electron chi connectivity index (χ3n) is 5.42. The SMILES string of the molecule is Cc1ccncc1-c1cc2cc(NC(=O)C(=O)NC3(C#N)CCOCC3)ncc2c(N)n1. The van der Waals surface area contributed by atoms with E-state index in [0.29, 0.717) is 48.3 Å². The number of nitrogens with two attached hydrogens (primary N) is 1. The highest BCUT2D eigenvalue weighted by Crippen LogP contribution is 2.28. The summed E-state index contributed by atoms with van der Waals surface area (Å²) in [6.07, 6.45) is 5.53. The number of aryl methyl sites for hydroxylation is 1. The minimum absolute atomic E-state index is 0.176. The van der Waals surface area contributed by atoms with Gasteiger partial charge in [0.05, 0.1) is 11.8 Å². The van der Waals surface area contributed by atoms with E-state index in [1.54, 1.807) is 18.5 Å². The highest BCUT2D eigenvalue weighted by molar-refractivity contribution is 6.39. The molecule has 2 amide bonds. The first kappa shape index (κ1) is 21.1. The standard InChI is InChI=1S/C22H21N7O3/c1-13-2-5-25-10-15(13)17-8-14-9-18(26-11-16(14)19(24)27-17)28-20(30)21(31)29-22(12-23)3-6-32-7-4-22/h2,5,8-11H,3-4,6-7H2,1H3,(H2,24,27)(H,29,31)(H,26,28,30). The molecule has 1 aliphatic rings. The Morgan fingerprint density at radius 2 is 2.00 bits per heavy atom. The van der Waals surface area contributed by atoms with Crippen molar-refractivity contribution in [1.29, 1.82) is 5.26 Å². The first-order valence-electron chi connectivity index (χ1n) is 10.0. The lowest BCUT2D eigenvalue weighted by atomic mass is 9.92. The maximum Gasteiger partial charge on any atom is 0.314 e. The molecule has 10 nitrogen and oxygen atoms in total. The molecule has 3 aromatic rings. The third-order valence-corrected chi connectivity index (χ3v) is 5.42. The lowest BCUT2D eigenvalue weighted by Gasteiger charge is -2.31. The van der Waals surface area contributed by atoms with Crippen molar-refractivity contribution in [3.63, 3.8) is 0 Å². The number of rotatable bonds is 3. The molecule has 32 heavy (non-hydrogen) atoms. The Labute approximate surface area is 183 Å². The van der Waals surface area contributed by atoms with Gasteiger partial charge in [-0.1, -0.05) is 0 Å². The van der Waals surface area contributed by atoms with Gasteiger partial charge in [-0.05, 0) is 36.1 Å². The molecule has 0 saturated carbocycles. The summed E-state index contributed by atoms with van der Waals surface area (Å²) in [6, 6.07) is 7.40. The summed E-state index contributed by atoms with van der Waals surface area (Å²) in [6.45, 7) is 2.63. The fourth-order valence-corrected chi connectivity index (χ4v) is 3.54. The van der Waals surface area contributed by atoms with Gasteiger partial charge >= 0.3 is 11.8 Å². The van der Waals surface area contributed by atoms with E-state index in [-0.39, 0.29) is 5.82 Å². The lowest BCUT2D eigenvalue weighted by molar-refractivity contribution is -0.137. The Morgan fingerprint density at radius 1 is 1.22 bits per heavy atom. The van der Waals surface area contributed by atoms with E-state index in [9.17, 15) is 14.9 Å². The summed E-state index contributed by atoms with van der Waals surface area (Å²) in [4.78, 5) is 37.6. The summed E-state index contributed by atoms with van der Waals surface area (Å²) in [5, 5.41) is 15.8. The second-order valence-electron chi connectivity index (χ2n) is 7.59. The van der Waals surface area contributed by atoms with Gasteiger partial charge in [0.15, 0.2) is 0 Å². The Kier molecular flexibility index (Phi) is 5.66. The van der Waals surface area contributed by atoms with Gasteiger partial charge in [-0.15, -0.1) is 0 Å². The van der Waals surface area contributed by atoms with Gasteiger partial charge in [0.1, 0.15) is 17.2 Å². The van der Waals surface area contributed by atoms with E-state index in [4.69, 9.17) is 10.5 Å². The average molecular weight is 431 g/mol. The summed E-state index contributed by atoms with van der Waals surface area (Å²) >= 11 is 0. The van der Waals surface area contributed by atoms with E-state index in [1.807, 2.05) is 19.1 Å². The summed E-state index contributed by atoms with van der Waals surface area (Å²) in [5.41, 5.74) is 7.46. The van der Waals surface area contributed by atoms with Crippen LogP contribution in [-0.4, -0.2) is 45.5 Å². The first-order chi connectivity index (χ1) is 15.4. The van der Waals surface area contributed by atoms with Crippen molar-refractivity contribution in [3.05, 3.63) is 42.4 Å². The van der Waals surface area contributed by atoms with Crippen molar-refractivity contribution in [2.24, 2.45) is 0 Å². The van der Waals surface area contributed by atoms with Gasteiger partial charge in [0.25, 0.3) is 0 Å². The zero-order valence-electron chi connectivity index (χ0n) is 17.4. The third kappa shape index (κ3) is 4.19. The molecule has 0 unspecified atom stereocenters. The predicted octanol–water partition coefficient (Wildman–Crippen LogP) is 1.71. The highest BCUT2D eigenvalue weighted by atomic mass is 16.5. The number of carbonyl (C=O) groups excluding carboxylic acids is 2. The minimum Gasteiger partial charge on any atom is -0.383 e. The second kappa shape index (κ2) is 8.56. The maximum atomic E-state index is 12.4. The smallest absolute Gasteiger partial charge is 0.314 e. The van der Waals surface area contributed by atoms with Crippen LogP contribution in [-0.2, 0) is 14.3 Å². The van der Waals surface area contributed by atoms with Crippen LogP contribution in [0.2, 0.25) is 0 Å². The molecule has 0 aliphatic carbocycles. The number of nitrogens with one attached hydrogen (secondary N) is 2. The predicted molar refractivity (Wildman–Crippen MR) is 117 cm³/mol. The number of fused-ring (bicyclic) bond motifs is 1. The molecule has 162 valence electrons. The Bertz CT molecular complexity index is 1250. The number of amides is 2. The monoisotopic (exact) mass is 431 g/mol. The first-order valence-corrected chi connectivity index (χ1v) is 10.0. The maximum absolute atomic E-state index is 12.4. The van der Waals surface area contributed by atoms with Crippen LogP contribution in [0, 0.1) is 18.3 Å². The minimum atomic E-state index is -1.11. The molecule has 1 aliphatic heterocycles. The molecule has 0 aromatic carbocycles. The highest BCUT2D eigenvalue weighted by Gasteiger charge is 2.36. The number of nitrogen functional groups attached to an aromatic ring is 1. The average Bonchev–Trinajstić information content (AvgIpc) is 2.79. The zero-order valence-corrected chi connectivity index (χ0v) is 17.4. The van der Waals surface area contributed by atoms with Crippen LogP contribution < -0.4 is 16.4 Å². The van der Waals surface area contributed by atoms with E-state index < -0.39 is 17.4 Å². The van der Waals surface area contributed by atoms with Crippen molar-refractivity contribution in [2.75, 3.05) is 24.3 Å². The number of ether oxygens (including phenoxy) is 1. The second-order valence-corrected chi connectivity index (χ2v) is 7.59. The summed E-state index contributed by atoms with van der Waals surface area (Å²) in [5.74, 6) is -1.35. The molecule has 4 rings (SSSR count). The van der Waals surface area contributed by atoms with Gasteiger partial charge < -0.3 is 21.1 Å². The molecule has 4 N–H and O–H groups in total. The van der Waals surface area contributed by atoms with Crippen LogP contribution in [0.25, 0.3) is 22.0 Å². The van der Waals surface area contributed by atoms with Crippen LogP contribution in [0.5, 0.6) is 0 Å². The number of nitrogens with zero attached hydrogens (tertiary/aromatic N) is 4. The molecule has 4 heterocycles. The van der Waals surface area contributed by atoms with Gasteiger partial charge in [-0.2, -0.15) is 5.26 Å². The number of carbonyl (C=O) groups is 2. The Hall–Kier alpha value is -4.10. The van der Waals surface area contributed by atoms with E-state index in [0.717, 1.165) is 11.1 Å². The van der Waals surface area contributed by atoms with Gasteiger partial charge in [-0.3, -0.25) is 14.6 Å². The van der Waals surface area contributed by atoms with Gasteiger partial charge in [0, 0.05) is 55.6 Å². The van der Waals surface area contributed by atoms with E-state index in [2.05, 4.69) is 31.7 Å². The topological polar surface area (TPSA) is 156 Å². The van der Waals surface area contributed by atoms with Crippen LogP contribution in [0.15, 0.2) is 36.8 Å². The molecular formula is C22H21N7O3. The van der Waals surface area contributed by atoms with Gasteiger partial charge in [0.2, 0.25) is 0 Å². The number of hydrogen-bond acceptors (Lipinski definition) is 8. The van der Waals surface area contributed by atoms with Crippen molar-refractivity contribution >= 4 is 34.2 Å². The van der Waals surface area contributed by atoms with Crippen LogP contribution >= 0.6 is 0 Å².